The third-order valence-electron chi connectivity index (χ3n) is 5.19. The van der Waals surface area contributed by atoms with Crippen LogP contribution in [0.15, 0.2) is 47.7 Å². The number of benzene rings is 1. The maximum Gasteiger partial charge on any atom is 0.191 e. The van der Waals surface area contributed by atoms with Gasteiger partial charge in [0, 0.05) is 44.9 Å². The summed E-state index contributed by atoms with van der Waals surface area (Å²) in [6.45, 7) is 4.32. The SMILES string of the molecule is CCc1nc2n(n1)CC(NC(=NC)NCc1nccn1Cc1ccccc1)CC2. The van der Waals surface area contributed by atoms with Crippen LogP contribution in [0.3, 0.4) is 0 Å². The van der Waals surface area contributed by atoms with Gasteiger partial charge in [0.25, 0.3) is 0 Å². The number of hydrogen-bond donors (Lipinski definition) is 2. The van der Waals surface area contributed by atoms with E-state index in [-0.39, 0.29) is 6.04 Å². The van der Waals surface area contributed by atoms with Crippen LogP contribution in [0.5, 0.6) is 0 Å². The second kappa shape index (κ2) is 8.89. The van der Waals surface area contributed by atoms with Crippen LogP contribution in [-0.4, -0.2) is 43.4 Å². The summed E-state index contributed by atoms with van der Waals surface area (Å²) in [6, 6.07) is 10.7. The van der Waals surface area contributed by atoms with E-state index in [2.05, 4.69) is 66.4 Å². The first-order valence-corrected chi connectivity index (χ1v) is 10.2. The van der Waals surface area contributed by atoms with Crippen LogP contribution in [0, 0.1) is 0 Å². The second-order valence-corrected chi connectivity index (χ2v) is 7.24. The van der Waals surface area contributed by atoms with Gasteiger partial charge in [0.1, 0.15) is 11.6 Å². The zero-order valence-corrected chi connectivity index (χ0v) is 17.0. The van der Waals surface area contributed by atoms with E-state index in [0.717, 1.165) is 55.8 Å². The van der Waals surface area contributed by atoms with Gasteiger partial charge in [-0.25, -0.2) is 14.6 Å². The van der Waals surface area contributed by atoms with Crippen molar-refractivity contribution in [3.63, 3.8) is 0 Å². The highest BCUT2D eigenvalue weighted by atomic mass is 15.4. The summed E-state index contributed by atoms with van der Waals surface area (Å²) in [6.07, 6.45) is 6.68. The summed E-state index contributed by atoms with van der Waals surface area (Å²) < 4.78 is 4.18. The normalized spacial score (nSPS) is 16.5. The number of imidazole rings is 1. The molecule has 0 bridgehead atoms. The molecule has 0 saturated carbocycles. The highest BCUT2D eigenvalue weighted by molar-refractivity contribution is 5.79. The molecule has 1 aromatic carbocycles. The number of guanidine groups is 1. The average Bonchev–Trinajstić information content (AvgIpc) is 3.37. The Hall–Kier alpha value is -3.16. The molecule has 2 aromatic heterocycles. The summed E-state index contributed by atoms with van der Waals surface area (Å²) in [7, 11) is 1.80. The molecule has 29 heavy (non-hydrogen) atoms. The minimum absolute atomic E-state index is 0.282. The predicted molar refractivity (Wildman–Crippen MR) is 113 cm³/mol. The number of aromatic nitrogens is 5. The van der Waals surface area contributed by atoms with Crippen LogP contribution in [0.4, 0.5) is 0 Å². The average molecular weight is 393 g/mol. The molecule has 0 aliphatic carbocycles. The third-order valence-corrected chi connectivity index (χ3v) is 5.19. The highest BCUT2D eigenvalue weighted by Gasteiger charge is 2.22. The van der Waals surface area contributed by atoms with Gasteiger partial charge in [0.05, 0.1) is 13.1 Å². The fraction of sp³-hybridized carbons (Fsp3) is 0.429. The Balaban J connectivity index is 1.33. The number of nitrogens with one attached hydrogen (secondary N) is 2. The van der Waals surface area contributed by atoms with Gasteiger partial charge in [-0.05, 0) is 12.0 Å². The molecule has 3 heterocycles. The fourth-order valence-corrected chi connectivity index (χ4v) is 3.61. The van der Waals surface area contributed by atoms with E-state index in [1.807, 2.05) is 23.1 Å². The largest absolute Gasteiger partial charge is 0.352 e. The quantitative estimate of drug-likeness (QED) is 0.493. The molecule has 1 atom stereocenters. The van der Waals surface area contributed by atoms with E-state index in [1.54, 1.807) is 7.05 Å². The van der Waals surface area contributed by atoms with Crippen molar-refractivity contribution in [2.75, 3.05) is 7.05 Å². The van der Waals surface area contributed by atoms with Gasteiger partial charge in [-0.1, -0.05) is 37.3 Å². The molecule has 1 unspecified atom stereocenters. The number of nitrogens with zero attached hydrogens (tertiary/aromatic N) is 6. The van der Waals surface area contributed by atoms with Crippen LogP contribution in [0.1, 0.15) is 36.4 Å². The van der Waals surface area contributed by atoms with E-state index >= 15 is 0 Å². The van der Waals surface area contributed by atoms with E-state index in [0.29, 0.717) is 6.54 Å². The van der Waals surface area contributed by atoms with Gasteiger partial charge in [0.2, 0.25) is 0 Å². The summed E-state index contributed by atoms with van der Waals surface area (Å²) in [5, 5.41) is 11.5. The smallest absolute Gasteiger partial charge is 0.191 e. The maximum absolute atomic E-state index is 4.58. The molecule has 2 N–H and O–H groups in total. The Labute approximate surface area is 171 Å². The Morgan fingerprint density at radius 1 is 1.28 bits per heavy atom. The molecule has 152 valence electrons. The molecular weight excluding hydrogens is 364 g/mol. The second-order valence-electron chi connectivity index (χ2n) is 7.24. The number of rotatable bonds is 6. The van der Waals surface area contributed by atoms with Crippen molar-refractivity contribution in [2.45, 2.75) is 51.9 Å². The van der Waals surface area contributed by atoms with Gasteiger partial charge >= 0.3 is 0 Å². The molecule has 3 aromatic rings. The molecule has 8 nitrogen and oxygen atoms in total. The monoisotopic (exact) mass is 392 g/mol. The molecule has 1 aliphatic rings. The maximum atomic E-state index is 4.58. The van der Waals surface area contributed by atoms with Gasteiger partial charge < -0.3 is 15.2 Å². The number of aliphatic imine (C=N–C) groups is 1. The molecule has 0 saturated heterocycles. The van der Waals surface area contributed by atoms with Crippen LogP contribution < -0.4 is 10.6 Å². The fourth-order valence-electron chi connectivity index (χ4n) is 3.61. The summed E-state index contributed by atoms with van der Waals surface area (Å²) in [5.41, 5.74) is 1.26. The van der Waals surface area contributed by atoms with Gasteiger partial charge in [-0.3, -0.25) is 4.99 Å². The van der Waals surface area contributed by atoms with Gasteiger partial charge in [0.15, 0.2) is 11.8 Å². The minimum atomic E-state index is 0.282. The van der Waals surface area contributed by atoms with Crippen molar-refractivity contribution >= 4 is 5.96 Å². The molecule has 1 aliphatic heterocycles. The number of aryl methyl sites for hydroxylation is 2. The molecule has 0 fully saturated rings. The Kier molecular flexibility index (Phi) is 5.88. The predicted octanol–water partition coefficient (Wildman–Crippen LogP) is 1.77. The van der Waals surface area contributed by atoms with E-state index in [1.165, 1.54) is 5.56 Å². The molecular formula is C21H28N8. The summed E-state index contributed by atoms with van der Waals surface area (Å²) in [5.74, 6) is 3.77. The lowest BCUT2D eigenvalue weighted by Gasteiger charge is -2.25. The first-order valence-electron chi connectivity index (χ1n) is 10.2. The van der Waals surface area contributed by atoms with E-state index in [4.69, 9.17) is 0 Å². The molecule has 4 rings (SSSR count). The zero-order chi connectivity index (χ0) is 20.1. The third kappa shape index (κ3) is 4.64. The number of fused-ring (bicyclic) bond motifs is 1. The van der Waals surface area contributed by atoms with Crippen molar-refractivity contribution in [1.29, 1.82) is 0 Å². The lowest BCUT2D eigenvalue weighted by molar-refractivity contribution is 0.392. The van der Waals surface area contributed by atoms with Crippen molar-refractivity contribution in [3.8, 4) is 0 Å². The molecule has 0 spiro atoms. The number of hydrogen-bond acceptors (Lipinski definition) is 4. The van der Waals surface area contributed by atoms with E-state index in [9.17, 15) is 0 Å². The van der Waals surface area contributed by atoms with Crippen LogP contribution >= 0.6 is 0 Å². The Bertz CT molecular complexity index is 956. The van der Waals surface area contributed by atoms with Crippen LogP contribution in [0.2, 0.25) is 0 Å². The minimum Gasteiger partial charge on any atom is -0.352 e. The summed E-state index contributed by atoms with van der Waals surface area (Å²) >= 11 is 0. The van der Waals surface area contributed by atoms with Gasteiger partial charge in [-0.2, -0.15) is 5.10 Å². The molecule has 0 radical (unpaired) electrons. The topological polar surface area (TPSA) is 84.9 Å². The first kappa shape index (κ1) is 19.2. The van der Waals surface area contributed by atoms with Crippen molar-refractivity contribution in [1.82, 2.24) is 34.9 Å². The zero-order valence-electron chi connectivity index (χ0n) is 17.0. The van der Waals surface area contributed by atoms with Gasteiger partial charge in [-0.15, -0.1) is 0 Å². The lowest BCUT2D eigenvalue weighted by atomic mass is 10.1. The van der Waals surface area contributed by atoms with Crippen molar-refractivity contribution in [3.05, 3.63) is 65.8 Å². The molecule has 8 heteroatoms. The molecule has 0 amide bonds. The Morgan fingerprint density at radius 2 is 2.14 bits per heavy atom. The Morgan fingerprint density at radius 3 is 2.93 bits per heavy atom. The van der Waals surface area contributed by atoms with E-state index < -0.39 is 0 Å². The van der Waals surface area contributed by atoms with Crippen LogP contribution in [0.25, 0.3) is 0 Å². The summed E-state index contributed by atoms with van der Waals surface area (Å²) in [4.78, 5) is 13.5. The van der Waals surface area contributed by atoms with Crippen molar-refractivity contribution in [2.24, 2.45) is 4.99 Å². The van der Waals surface area contributed by atoms with Crippen molar-refractivity contribution < 1.29 is 0 Å². The lowest BCUT2D eigenvalue weighted by Crippen LogP contribution is -2.47. The highest BCUT2D eigenvalue weighted by Crippen LogP contribution is 2.13. The van der Waals surface area contributed by atoms with Crippen LogP contribution in [-0.2, 0) is 32.5 Å². The first-order chi connectivity index (χ1) is 14.2. The standard InChI is InChI=1S/C21H28N8/c1-3-18-26-19-10-9-17(15-29(19)27-18)25-21(22-2)24-13-20-23-11-12-28(20)14-16-7-5-4-6-8-16/h4-8,11-12,17H,3,9-10,13-15H2,1-2H3,(H2,22,24,25).